The molecule has 0 atom stereocenters. The van der Waals surface area contributed by atoms with Crippen molar-refractivity contribution in [3.05, 3.63) is 114 Å². The third kappa shape index (κ3) is 5.36. The van der Waals surface area contributed by atoms with Crippen LogP contribution in [0.15, 0.2) is 96.0 Å². The average Bonchev–Trinajstić information content (AvgIpc) is 2.92. The van der Waals surface area contributed by atoms with Crippen molar-refractivity contribution in [3.63, 3.8) is 0 Å². The Bertz CT molecular complexity index is 1460. The third-order valence-electron chi connectivity index (χ3n) is 5.85. The first-order chi connectivity index (χ1) is 17.5. The zero-order valence-corrected chi connectivity index (χ0v) is 20.2. The second-order valence-electron chi connectivity index (χ2n) is 8.36. The van der Waals surface area contributed by atoms with Crippen LogP contribution in [0.1, 0.15) is 27.2 Å². The van der Waals surface area contributed by atoms with Crippen molar-refractivity contribution < 1.29 is 17.9 Å². The molecule has 1 aliphatic rings. The van der Waals surface area contributed by atoms with Gasteiger partial charge in [-0.2, -0.15) is 0 Å². The summed E-state index contributed by atoms with van der Waals surface area (Å²) in [7, 11) is -3.77. The molecule has 1 aromatic heterocycles. The van der Waals surface area contributed by atoms with Gasteiger partial charge in [0.1, 0.15) is 12.4 Å². The van der Waals surface area contributed by atoms with E-state index in [0.29, 0.717) is 31.7 Å². The van der Waals surface area contributed by atoms with Gasteiger partial charge in [0.25, 0.3) is 15.9 Å². The molecular weight excluding hydrogens is 476 g/mol. The van der Waals surface area contributed by atoms with Crippen LogP contribution in [0.2, 0.25) is 0 Å². The number of aromatic nitrogens is 2. The van der Waals surface area contributed by atoms with Gasteiger partial charge < -0.3 is 9.64 Å². The monoisotopic (exact) mass is 500 g/mol. The highest BCUT2D eigenvalue weighted by atomic mass is 32.2. The molecule has 0 fully saturated rings. The number of hydrogen-bond donors (Lipinski definition) is 1. The molecule has 8 nitrogen and oxygen atoms in total. The number of carbonyl (C=O) groups is 1. The van der Waals surface area contributed by atoms with E-state index in [9.17, 15) is 13.2 Å². The Balaban J connectivity index is 1.22. The number of amides is 1. The lowest BCUT2D eigenvalue weighted by Gasteiger charge is -2.28. The van der Waals surface area contributed by atoms with Crippen molar-refractivity contribution in [2.45, 2.75) is 24.5 Å². The van der Waals surface area contributed by atoms with Gasteiger partial charge in [0.2, 0.25) is 5.95 Å². The van der Waals surface area contributed by atoms with Crippen LogP contribution >= 0.6 is 0 Å². The molecule has 1 aliphatic heterocycles. The molecule has 5 rings (SSSR count). The van der Waals surface area contributed by atoms with Crippen LogP contribution < -0.4 is 9.46 Å². The molecule has 0 unspecified atom stereocenters. The number of anilines is 1. The second-order valence-corrected chi connectivity index (χ2v) is 10.0. The lowest BCUT2D eigenvalue weighted by molar-refractivity contribution is 0.0733. The first-order valence-corrected chi connectivity index (χ1v) is 12.9. The van der Waals surface area contributed by atoms with E-state index < -0.39 is 10.0 Å². The van der Waals surface area contributed by atoms with Crippen LogP contribution in [-0.2, 0) is 29.6 Å². The molecule has 0 bridgehead atoms. The molecule has 0 radical (unpaired) electrons. The van der Waals surface area contributed by atoms with E-state index in [2.05, 4.69) is 14.7 Å². The SMILES string of the molecule is O=C(c1ccc(COc2ccccc2)cc1)N1CCc2nc(NS(=O)(=O)c3ccccc3)ncc2C1. The summed E-state index contributed by atoms with van der Waals surface area (Å²) in [5.74, 6) is 0.735. The topological polar surface area (TPSA) is 101 Å². The molecule has 1 amide bonds. The van der Waals surface area contributed by atoms with Crippen molar-refractivity contribution in [1.82, 2.24) is 14.9 Å². The number of para-hydroxylation sites is 1. The summed E-state index contributed by atoms with van der Waals surface area (Å²) in [6, 6.07) is 25.0. The molecule has 0 aliphatic carbocycles. The van der Waals surface area contributed by atoms with Crippen LogP contribution in [0.3, 0.4) is 0 Å². The molecule has 0 saturated heterocycles. The van der Waals surface area contributed by atoms with Crippen LogP contribution in [0.5, 0.6) is 5.75 Å². The van der Waals surface area contributed by atoms with Crippen LogP contribution in [0, 0.1) is 0 Å². The molecular formula is C27H24N4O4S. The van der Waals surface area contributed by atoms with E-state index in [1.54, 1.807) is 41.4 Å². The molecule has 182 valence electrons. The quantitative estimate of drug-likeness (QED) is 0.411. The van der Waals surface area contributed by atoms with Crippen molar-refractivity contribution >= 4 is 21.9 Å². The highest BCUT2D eigenvalue weighted by Crippen LogP contribution is 2.21. The molecule has 4 aromatic rings. The maximum Gasteiger partial charge on any atom is 0.264 e. The van der Waals surface area contributed by atoms with Crippen LogP contribution in [0.25, 0.3) is 0 Å². The first-order valence-electron chi connectivity index (χ1n) is 11.5. The number of nitrogens with zero attached hydrogens (tertiary/aromatic N) is 3. The summed E-state index contributed by atoms with van der Waals surface area (Å²) in [5, 5.41) is 0. The molecule has 0 spiro atoms. The number of carbonyl (C=O) groups excluding carboxylic acids is 1. The second kappa shape index (κ2) is 10.2. The van der Waals surface area contributed by atoms with E-state index in [0.717, 1.165) is 22.6 Å². The molecule has 2 heterocycles. The molecule has 9 heteroatoms. The number of hydrogen-bond acceptors (Lipinski definition) is 6. The summed E-state index contributed by atoms with van der Waals surface area (Å²) >= 11 is 0. The highest BCUT2D eigenvalue weighted by Gasteiger charge is 2.24. The number of ether oxygens (including phenoxy) is 1. The Morgan fingerprint density at radius 1 is 0.944 bits per heavy atom. The average molecular weight is 501 g/mol. The van der Waals surface area contributed by atoms with E-state index in [-0.39, 0.29) is 16.8 Å². The normalized spacial score (nSPS) is 13.1. The van der Waals surface area contributed by atoms with Gasteiger partial charge in [0.15, 0.2) is 0 Å². The van der Waals surface area contributed by atoms with Crippen LogP contribution in [0.4, 0.5) is 5.95 Å². The fourth-order valence-electron chi connectivity index (χ4n) is 3.93. The molecule has 0 saturated carbocycles. The number of rotatable bonds is 7. The minimum Gasteiger partial charge on any atom is -0.489 e. The summed E-state index contributed by atoms with van der Waals surface area (Å²) in [6.45, 7) is 1.26. The predicted molar refractivity (Wildman–Crippen MR) is 135 cm³/mol. The van der Waals surface area contributed by atoms with Crippen LogP contribution in [-0.4, -0.2) is 35.7 Å². The summed E-state index contributed by atoms with van der Waals surface area (Å²) in [5.41, 5.74) is 3.09. The minimum atomic E-state index is -3.77. The van der Waals surface area contributed by atoms with Crippen molar-refractivity contribution in [1.29, 1.82) is 0 Å². The number of benzene rings is 3. The summed E-state index contributed by atoms with van der Waals surface area (Å²) in [6.07, 6.45) is 2.08. The van der Waals surface area contributed by atoms with Crippen molar-refractivity contribution in [3.8, 4) is 5.75 Å². The molecule has 36 heavy (non-hydrogen) atoms. The largest absolute Gasteiger partial charge is 0.489 e. The molecule has 3 aromatic carbocycles. The third-order valence-corrected chi connectivity index (χ3v) is 7.19. The summed E-state index contributed by atoms with van der Waals surface area (Å²) in [4.78, 5) is 23.5. The Labute approximate surface area is 209 Å². The Morgan fingerprint density at radius 3 is 2.36 bits per heavy atom. The van der Waals surface area contributed by atoms with Gasteiger partial charge >= 0.3 is 0 Å². The van der Waals surface area contributed by atoms with Gasteiger partial charge in [-0.1, -0.05) is 48.5 Å². The Kier molecular flexibility index (Phi) is 6.64. The van der Waals surface area contributed by atoms with Gasteiger partial charge in [-0.3, -0.25) is 4.79 Å². The Morgan fingerprint density at radius 2 is 1.64 bits per heavy atom. The lowest BCUT2D eigenvalue weighted by atomic mass is 10.1. The Hall–Kier alpha value is -4.24. The van der Waals surface area contributed by atoms with Gasteiger partial charge in [-0.05, 0) is 42.0 Å². The zero-order chi connectivity index (χ0) is 25.0. The fourth-order valence-corrected chi connectivity index (χ4v) is 4.90. The van der Waals surface area contributed by atoms with Crippen molar-refractivity contribution in [2.24, 2.45) is 0 Å². The fraction of sp³-hybridized carbons (Fsp3) is 0.148. The van der Waals surface area contributed by atoms with E-state index in [1.807, 2.05) is 42.5 Å². The predicted octanol–water partition coefficient (Wildman–Crippen LogP) is 4.05. The van der Waals surface area contributed by atoms with E-state index in [1.165, 1.54) is 12.1 Å². The van der Waals surface area contributed by atoms with Gasteiger partial charge in [-0.25, -0.2) is 23.1 Å². The van der Waals surface area contributed by atoms with Gasteiger partial charge in [0, 0.05) is 36.8 Å². The maximum atomic E-state index is 13.1. The first kappa shape index (κ1) is 23.5. The highest BCUT2D eigenvalue weighted by molar-refractivity contribution is 7.92. The minimum absolute atomic E-state index is 0.0192. The van der Waals surface area contributed by atoms with Crippen molar-refractivity contribution in [2.75, 3.05) is 11.3 Å². The summed E-state index contributed by atoms with van der Waals surface area (Å²) < 4.78 is 33.3. The number of sulfonamides is 1. The van der Waals surface area contributed by atoms with Gasteiger partial charge in [0.05, 0.1) is 10.6 Å². The maximum absolute atomic E-state index is 13.1. The zero-order valence-electron chi connectivity index (χ0n) is 19.4. The number of fused-ring (bicyclic) bond motifs is 1. The van der Waals surface area contributed by atoms with Gasteiger partial charge in [-0.15, -0.1) is 0 Å². The van der Waals surface area contributed by atoms with E-state index >= 15 is 0 Å². The standard InChI is InChI=1S/C27H24N4O4S/c32-26(21-13-11-20(12-14-21)19-35-23-7-3-1-4-8-23)31-16-15-25-22(18-31)17-28-27(29-25)30-36(33,34)24-9-5-2-6-10-24/h1-14,17H,15-16,18-19H2,(H,28,29,30). The lowest BCUT2D eigenvalue weighted by Crippen LogP contribution is -2.36. The smallest absolute Gasteiger partial charge is 0.264 e. The molecule has 1 N–H and O–H groups in total. The number of nitrogens with one attached hydrogen (secondary N) is 1. The van der Waals surface area contributed by atoms with E-state index in [4.69, 9.17) is 4.74 Å².